The standard InChI is InChI=1S/C12H20O5/c1-11(2,3)9(14)12(4,5)7-8(13)17-10(15)16-6/h7H2,1-6H3. The van der Waals surface area contributed by atoms with Crippen LogP contribution in [0.3, 0.4) is 0 Å². The van der Waals surface area contributed by atoms with Crippen molar-refractivity contribution in [2.45, 2.75) is 41.0 Å². The number of carbonyl (C=O) groups is 3. The van der Waals surface area contributed by atoms with Gasteiger partial charge in [-0.25, -0.2) is 4.79 Å². The van der Waals surface area contributed by atoms with Gasteiger partial charge in [0.1, 0.15) is 5.78 Å². The van der Waals surface area contributed by atoms with Crippen molar-refractivity contribution in [2.75, 3.05) is 7.11 Å². The van der Waals surface area contributed by atoms with Gasteiger partial charge in [0, 0.05) is 10.8 Å². The zero-order valence-electron chi connectivity index (χ0n) is 11.2. The number of esters is 1. The van der Waals surface area contributed by atoms with E-state index in [9.17, 15) is 14.4 Å². The molecule has 0 saturated heterocycles. The van der Waals surface area contributed by atoms with E-state index in [4.69, 9.17) is 0 Å². The quantitative estimate of drug-likeness (QED) is 0.563. The van der Waals surface area contributed by atoms with E-state index in [0.29, 0.717) is 0 Å². The molecule has 0 bridgehead atoms. The number of ketones is 1. The Balaban J connectivity index is 4.61. The molecule has 0 aromatic rings. The monoisotopic (exact) mass is 244 g/mol. The van der Waals surface area contributed by atoms with Crippen LogP contribution in [0, 0.1) is 10.8 Å². The molecule has 5 heteroatoms. The van der Waals surface area contributed by atoms with E-state index in [1.807, 2.05) is 0 Å². The zero-order chi connectivity index (χ0) is 13.9. The molecule has 98 valence electrons. The molecule has 5 nitrogen and oxygen atoms in total. The number of hydrogen-bond acceptors (Lipinski definition) is 5. The van der Waals surface area contributed by atoms with Crippen molar-refractivity contribution < 1.29 is 23.9 Å². The van der Waals surface area contributed by atoms with Crippen LogP contribution in [0.4, 0.5) is 4.79 Å². The molecule has 0 atom stereocenters. The van der Waals surface area contributed by atoms with E-state index in [1.165, 1.54) is 0 Å². The van der Waals surface area contributed by atoms with Crippen molar-refractivity contribution in [3.8, 4) is 0 Å². The predicted molar refractivity (Wildman–Crippen MR) is 61.4 cm³/mol. The van der Waals surface area contributed by atoms with Gasteiger partial charge >= 0.3 is 12.1 Å². The fraction of sp³-hybridized carbons (Fsp3) is 0.750. The van der Waals surface area contributed by atoms with Crippen LogP contribution in [0.25, 0.3) is 0 Å². The van der Waals surface area contributed by atoms with Gasteiger partial charge in [-0.05, 0) is 0 Å². The van der Waals surface area contributed by atoms with Gasteiger partial charge in [0.05, 0.1) is 13.5 Å². The third-order valence-corrected chi connectivity index (χ3v) is 2.25. The molecular weight excluding hydrogens is 224 g/mol. The maximum absolute atomic E-state index is 12.1. The molecule has 0 aliphatic carbocycles. The van der Waals surface area contributed by atoms with Gasteiger partial charge in [-0.3, -0.25) is 9.59 Å². The summed E-state index contributed by atoms with van der Waals surface area (Å²) in [4.78, 5) is 34.2. The first-order valence-corrected chi connectivity index (χ1v) is 5.34. The summed E-state index contributed by atoms with van der Waals surface area (Å²) in [5.41, 5.74) is -1.42. The predicted octanol–water partition coefficient (Wildman–Crippen LogP) is 2.33. The van der Waals surface area contributed by atoms with Gasteiger partial charge in [0.25, 0.3) is 0 Å². The summed E-state index contributed by atoms with van der Waals surface area (Å²) in [6.45, 7) is 8.65. The van der Waals surface area contributed by atoms with Crippen LogP contribution in [0.2, 0.25) is 0 Å². The summed E-state index contributed by atoms with van der Waals surface area (Å²) in [6, 6.07) is 0. The highest BCUT2D eigenvalue weighted by molar-refractivity contribution is 5.93. The molecule has 17 heavy (non-hydrogen) atoms. The minimum absolute atomic E-state index is 0.0631. The highest BCUT2D eigenvalue weighted by atomic mass is 16.7. The highest BCUT2D eigenvalue weighted by Gasteiger charge is 2.38. The van der Waals surface area contributed by atoms with Crippen LogP contribution in [0.15, 0.2) is 0 Å². The molecule has 0 fully saturated rings. The summed E-state index contributed by atoms with van der Waals surface area (Å²) in [7, 11) is 1.11. The first kappa shape index (κ1) is 15.6. The van der Waals surface area contributed by atoms with E-state index in [0.717, 1.165) is 7.11 Å². The van der Waals surface area contributed by atoms with Gasteiger partial charge in [-0.2, -0.15) is 0 Å². The molecule has 0 saturated carbocycles. The lowest BCUT2D eigenvalue weighted by Gasteiger charge is -2.29. The lowest BCUT2D eigenvalue weighted by atomic mass is 9.73. The Labute approximate surface area is 101 Å². The van der Waals surface area contributed by atoms with Gasteiger partial charge < -0.3 is 9.47 Å². The molecule has 0 radical (unpaired) electrons. The summed E-state index contributed by atoms with van der Waals surface area (Å²) >= 11 is 0. The van der Waals surface area contributed by atoms with Crippen molar-refractivity contribution in [1.29, 1.82) is 0 Å². The minimum Gasteiger partial charge on any atom is -0.437 e. The Morgan fingerprint density at radius 3 is 1.82 bits per heavy atom. The number of carbonyl (C=O) groups excluding carboxylic acids is 3. The molecule has 0 spiro atoms. The molecule has 0 aromatic heterocycles. The Bertz CT molecular complexity index is 322. The normalized spacial score (nSPS) is 11.9. The van der Waals surface area contributed by atoms with Crippen LogP contribution in [-0.4, -0.2) is 25.0 Å². The number of rotatable bonds is 3. The Morgan fingerprint density at radius 1 is 1.00 bits per heavy atom. The first-order chi connectivity index (χ1) is 7.50. The van der Waals surface area contributed by atoms with Gasteiger partial charge in [-0.15, -0.1) is 0 Å². The largest absolute Gasteiger partial charge is 0.515 e. The van der Waals surface area contributed by atoms with E-state index >= 15 is 0 Å². The summed E-state index contributed by atoms with van der Waals surface area (Å²) < 4.78 is 8.54. The number of hydrogen-bond donors (Lipinski definition) is 0. The molecule has 0 aliphatic rings. The van der Waals surface area contributed by atoms with Crippen molar-refractivity contribution >= 4 is 17.9 Å². The number of Topliss-reactive ketones (excluding diaryl/α,β-unsaturated/α-hetero) is 1. The van der Waals surface area contributed by atoms with Crippen LogP contribution < -0.4 is 0 Å². The fourth-order valence-electron chi connectivity index (χ4n) is 1.63. The molecule has 0 rings (SSSR count). The Hall–Kier alpha value is -1.39. The smallest absolute Gasteiger partial charge is 0.437 e. The van der Waals surface area contributed by atoms with Crippen LogP contribution >= 0.6 is 0 Å². The second-order valence-electron chi connectivity index (χ2n) is 5.57. The average molecular weight is 244 g/mol. The third kappa shape index (κ3) is 4.97. The Kier molecular flexibility index (Phi) is 4.86. The average Bonchev–Trinajstić information content (AvgIpc) is 2.13. The van der Waals surface area contributed by atoms with E-state index in [1.54, 1.807) is 34.6 Å². The van der Waals surface area contributed by atoms with E-state index in [2.05, 4.69) is 9.47 Å². The topological polar surface area (TPSA) is 69.7 Å². The maximum Gasteiger partial charge on any atom is 0.515 e. The van der Waals surface area contributed by atoms with Gasteiger partial charge in [-0.1, -0.05) is 34.6 Å². The Morgan fingerprint density at radius 2 is 1.47 bits per heavy atom. The second kappa shape index (κ2) is 5.29. The van der Waals surface area contributed by atoms with Crippen molar-refractivity contribution in [2.24, 2.45) is 10.8 Å². The minimum atomic E-state index is -1.06. The lowest BCUT2D eigenvalue weighted by molar-refractivity contribution is -0.147. The van der Waals surface area contributed by atoms with Gasteiger partial charge in [0.2, 0.25) is 0 Å². The van der Waals surface area contributed by atoms with Crippen molar-refractivity contribution in [1.82, 2.24) is 0 Å². The second-order valence-corrected chi connectivity index (χ2v) is 5.57. The van der Waals surface area contributed by atoms with Crippen LogP contribution in [0.1, 0.15) is 41.0 Å². The highest BCUT2D eigenvalue weighted by Crippen LogP contribution is 2.32. The van der Waals surface area contributed by atoms with E-state index in [-0.39, 0.29) is 12.2 Å². The number of methoxy groups -OCH3 is 1. The van der Waals surface area contributed by atoms with Crippen molar-refractivity contribution in [3.63, 3.8) is 0 Å². The fourth-order valence-corrected chi connectivity index (χ4v) is 1.63. The first-order valence-electron chi connectivity index (χ1n) is 5.34. The molecule has 0 unspecified atom stereocenters. The lowest BCUT2D eigenvalue weighted by Crippen LogP contribution is -2.37. The van der Waals surface area contributed by atoms with Crippen molar-refractivity contribution in [3.05, 3.63) is 0 Å². The zero-order valence-corrected chi connectivity index (χ0v) is 11.2. The van der Waals surface area contributed by atoms with Crippen LogP contribution in [-0.2, 0) is 19.1 Å². The SMILES string of the molecule is COC(=O)OC(=O)CC(C)(C)C(=O)C(C)(C)C. The molecule has 0 aromatic carbocycles. The van der Waals surface area contributed by atoms with Gasteiger partial charge in [0.15, 0.2) is 0 Å². The molecule has 0 amide bonds. The summed E-state index contributed by atoms with van der Waals surface area (Å²) in [5.74, 6) is -0.828. The summed E-state index contributed by atoms with van der Waals surface area (Å²) in [6.07, 6.45) is -1.22. The van der Waals surface area contributed by atoms with Crippen LogP contribution in [0.5, 0.6) is 0 Å². The summed E-state index contributed by atoms with van der Waals surface area (Å²) in [5, 5.41) is 0. The number of ether oxygens (including phenoxy) is 2. The molecule has 0 N–H and O–H groups in total. The molecular formula is C12H20O5. The third-order valence-electron chi connectivity index (χ3n) is 2.25. The van der Waals surface area contributed by atoms with E-state index < -0.39 is 23.0 Å². The molecule has 0 aliphatic heterocycles. The molecule has 0 heterocycles. The maximum atomic E-state index is 12.1.